The average molecular weight is 216 g/mol. The number of rotatable bonds is 1. The van der Waals surface area contributed by atoms with Crippen molar-refractivity contribution in [2.45, 2.75) is 53.1 Å². The second kappa shape index (κ2) is 6.83. The van der Waals surface area contributed by atoms with Gasteiger partial charge in [0.15, 0.2) is 0 Å². The van der Waals surface area contributed by atoms with E-state index in [1.165, 1.54) is 12.8 Å². The van der Waals surface area contributed by atoms with Gasteiger partial charge in [-0.2, -0.15) is 0 Å². The second-order valence-electron chi connectivity index (χ2n) is 4.91. The fraction of sp³-hybridized carbons (Fsp3) is 0.917. The van der Waals surface area contributed by atoms with Crippen molar-refractivity contribution < 1.29 is 15.0 Å². The van der Waals surface area contributed by atoms with Gasteiger partial charge in [-0.25, -0.2) is 0 Å². The molecule has 0 aliphatic heterocycles. The molecule has 1 saturated carbocycles. The van der Waals surface area contributed by atoms with Crippen molar-refractivity contribution in [3.05, 3.63) is 0 Å². The minimum atomic E-state index is -0.833. The van der Waals surface area contributed by atoms with E-state index in [1.807, 2.05) is 0 Å². The van der Waals surface area contributed by atoms with Crippen LogP contribution in [0.2, 0.25) is 0 Å². The molecule has 1 rings (SSSR count). The highest BCUT2D eigenvalue weighted by Crippen LogP contribution is 2.33. The van der Waals surface area contributed by atoms with Crippen LogP contribution in [0.5, 0.6) is 0 Å². The zero-order valence-electron chi connectivity index (χ0n) is 10.2. The molecule has 0 radical (unpaired) electrons. The molecular weight excluding hydrogens is 192 g/mol. The largest absolute Gasteiger partial charge is 0.481 e. The Labute approximate surface area is 92.5 Å². The molecule has 0 saturated heterocycles. The van der Waals surface area contributed by atoms with Gasteiger partial charge in [0.2, 0.25) is 0 Å². The molecule has 2 N–H and O–H groups in total. The van der Waals surface area contributed by atoms with Gasteiger partial charge in [0.05, 0.1) is 6.10 Å². The molecule has 90 valence electrons. The third-order valence-corrected chi connectivity index (χ3v) is 2.99. The van der Waals surface area contributed by atoms with Crippen LogP contribution in [0.25, 0.3) is 0 Å². The van der Waals surface area contributed by atoms with Crippen molar-refractivity contribution in [1.82, 2.24) is 0 Å². The quantitative estimate of drug-likeness (QED) is 0.708. The Bertz CT molecular complexity index is 185. The number of hydrogen-bond acceptors (Lipinski definition) is 2. The zero-order chi connectivity index (χ0) is 12.0. The first-order chi connectivity index (χ1) is 6.84. The first kappa shape index (κ1) is 14.4. The van der Waals surface area contributed by atoms with E-state index in [4.69, 9.17) is 9.90 Å². The predicted octanol–water partition coefficient (Wildman–Crippen LogP) is 2.53. The van der Waals surface area contributed by atoms with E-state index in [0.29, 0.717) is 11.8 Å². The van der Waals surface area contributed by atoms with Crippen LogP contribution in [0.15, 0.2) is 0 Å². The highest BCUT2D eigenvalue weighted by atomic mass is 16.4. The van der Waals surface area contributed by atoms with Crippen LogP contribution in [0.3, 0.4) is 0 Å². The maximum absolute atomic E-state index is 9.71. The molecule has 15 heavy (non-hydrogen) atoms. The van der Waals surface area contributed by atoms with Crippen LogP contribution >= 0.6 is 0 Å². The minimum absolute atomic E-state index is 0.0289. The summed E-state index contributed by atoms with van der Waals surface area (Å²) in [4.78, 5) is 9.00. The van der Waals surface area contributed by atoms with Crippen LogP contribution in [-0.4, -0.2) is 22.3 Å². The van der Waals surface area contributed by atoms with Gasteiger partial charge in [-0.1, -0.05) is 27.2 Å². The summed E-state index contributed by atoms with van der Waals surface area (Å²) in [5, 5.41) is 17.1. The van der Waals surface area contributed by atoms with E-state index in [1.54, 1.807) is 0 Å². The number of carboxylic acids is 1. The summed E-state index contributed by atoms with van der Waals surface area (Å²) in [5.41, 5.74) is 0. The van der Waals surface area contributed by atoms with Gasteiger partial charge in [-0.15, -0.1) is 0 Å². The van der Waals surface area contributed by atoms with E-state index in [0.717, 1.165) is 19.3 Å². The number of aliphatic hydroxyl groups excluding tert-OH is 1. The fourth-order valence-electron chi connectivity index (χ4n) is 2.15. The van der Waals surface area contributed by atoms with Crippen LogP contribution < -0.4 is 0 Å². The summed E-state index contributed by atoms with van der Waals surface area (Å²) >= 11 is 0. The van der Waals surface area contributed by atoms with Gasteiger partial charge in [-0.05, 0) is 30.6 Å². The lowest BCUT2D eigenvalue weighted by atomic mass is 9.75. The maximum Gasteiger partial charge on any atom is 0.300 e. The summed E-state index contributed by atoms with van der Waals surface area (Å²) in [6, 6.07) is 0. The van der Waals surface area contributed by atoms with Crippen molar-refractivity contribution in [3.8, 4) is 0 Å². The summed E-state index contributed by atoms with van der Waals surface area (Å²) in [6.45, 7) is 7.74. The molecule has 0 aromatic heterocycles. The van der Waals surface area contributed by atoms with Gasteiger partial charge in [0, 0.05) is 6.92 Å². The standard InChI is InChI=1S/C10H20O.C2H4O2/c1-7(2)9-5-4-8(3)6-10(9)11;1-2(3)4/h7-11H,4-6H2,1-3H3;1H3,(H,3,4)/t8-,9+,10-;/m1./s1. The molecule has 1 fully saturated rings. The van der Waals surface area contributed by atoms with E-state index in [-0.39, 0.29) is 6.10 Å². The van der Waals surface area contributed by atoms with Crippen LogP contribution in [0.1, 0.15) is 47.0 Å². The molecule has 0 unspecified atom stereocenters. The Balaban J connectivity index is 0.000000423. The smallest absolute Gasteiger partial charge is 0.300 e. The lowest BCUT2D eigenvalue weighted by Crippen LogP contribution is -2.31. The Morgan fingerprint density at radius 2 is 1.80 bits per heavy atom. The molecule has 3 nitrogen and oxygen atoms in total. The molecule has 3 atom stereocenters. The SMILES string of the molecule is CC(=O)O.CC(C)[C@@H]1CC[C@@H](C)C[C@H]1O. The molecular formula is C12H24O3. The fourth-order valence-corrected chi connectivity index (χ4v) is 2.15. The van der Waals surface area contributed by atoms with Gasteiger partial charge >= 0.3 is 0 Å². The molecule has 0 heterocycles. The van der Waals surface area contributed by atoms with Crippen molar-refractivity contribution in [2.75, 3.05) is 0 Å². The summed E-state index contributed by atoms with van der Waals surface area (Å²) < 4.78 is 0. The highest BCUT2D eigenvalue weighted by molar-refractivity contribution is 5.62. The molecule has 1 aliphatic rings. The lowest BCUT2D eigenvalue weighted by molar-refractivity contribution is -0.134. The molecule has 1 aliphatic carbocycles. The third kappa shape index (κ3) is 6.50. The molecule has 0 aromatic rings. The lowest BCUT2D eigenvalue weighted by Gasteiger charge is -2.33. The van der Waals surface area contributed by atoms with Gasteiger partial charge < -0.3 is 10.2 Å². The van der Waals surface area contributed by atoms with E-state index < -0.39 is 5.97 Å². The molecule has 0 spiro atoms. The zero-order valence-corrected chi connectivity index (χ0v) is 10.2. The summed E-state index contributed by atoms with van der Waals surface area (Å²) in [5.74, 6) is 1.11. The maximum atomic E-state index is 9.71. The summed E-state index contributed by atoms with van der Waals surface area (Å²) in [7, 11) is 0. The Kier molecular flexibility index (Phi) is 6.57. The second-order valence-corrected chi connectivity index (χ2v) is 4.91. The van der Waals surface area contributed by atoms with Crippen LogP contribution in [0.4, 0.5) is 0 Å². The normalized spacial score (nSPS) is 30.7. The number of carboxylic acid groups (broad SMARTS) is 1. The van der Waals surface area contributed by atoms with Crippen LogP contribution in [-0.2, 0) is 4.79 Å². The Morgan fingerprint density at radius 1 is 1.33 bits per heavy atom. The number of carbonyl (C=O) groups is 1. The monoisotopic (exact) mass is 216 g/mol. The third-order valence-electron chi connectivity index (χ3n) is 2.99. The van der Waals surface area contributed by atoms with E-state index in [9.17, 15) is 5.11 Å². The minimum Gasteiger partial charge on any atom is -0.481 e. The Morgan fingerprint density at radius 3 is 2.13 bits per heavy atom. The van der Waals surface area contributed by atoms with Crippen molar-refractivity contribution in [3.63, 3.8) is 0 Å². The number of hydrogen-bond donors (Lipinski definition) is 2. The molecule has 3 heteroatoms. The first-order valence-corrected chi connectivity index (χ1v) is 5.72. The topological polar surface area (TPSA) is 57.5 Å². The van der Waals surface area contributed by atoms with Gasteiger partial charge in [0.1, 0.15) is 0 Å². The van der Waals surface area contributed by atoms with E-state index >= 15 is 0 Å². The van der Waals surface area contributed by atoms with Crippen molar-refractivity contribution >= 4 is 5.97 Å². The number of aliphatic hydroxyl groups is 1. The Hall–Kier alpha value is -0.570. The highest BCUT2D eigenvalue weighted by Gasteiger charge is 2.28. The van der Waals surface area contributed by atoms with Gasteiger partial charge in [-0.3, -0.25) is 4.79 Å². The van der Waals surface area contributed by atoms with Gasteiger partial charge in [0.25, 0.3) is 5.97 Å². The average Bonchev–Trinajstić information content (AvgIpc) is 2.01. The molecule has 0 aromatic carbocycles. The molecule has 0 bridgehead atoms. The van der Waals surface area contributed by atoms with E-state index in [2.05, 4.69) is 20.8 Å². The van der Waals surface area contributed by atoms with Crippen LogP contribution in [0, 0.1) is 17.8 Å². The summed E-state index contributed by atoms with van der Waals surface area (Å²) in [6.07, 6.45) is 3.52. The van der Waals surface area contributed by atoms with Crippen molar-refractivity contribution in [2.24, 2.45) is 17.8 Å². The number of aliphatic carboxylic acids is 1. The van der Waals surface area contributed by atoms with Crippen molar-refractivity contribution in [1.29, 1.82) is 0 Å². The predicted molar refractivity (Wildman–Crippen MR) is 60.7 cm³/mol. The first-order valence-electron chi connectivity index (χ1n) is 5.72. The molecule has 0 amide bonds.